The third kappa shape index (κ3) is 13.4. The van der Waals surface area contributed by atoms with Crippen LogP contribution in [0.3, 0.4) is 0 Å². The van der Waals surface area contributed by atoms with Gasteiger partial charge in [-0.05, 0) is 122 Å². The van der Waals surface area contributed by atoms with Crippen LogP contribution in [0.2, 0.25) is 10.0 Å². The minimum Gasteiger partial charge on any atom is -0.323 e. The van der Waals surface area contributed by atoms with Crippen LogP contribution < -0.4 is 21.3 Å². The van der Waals surface area contributed by atoms with Gasteiger partial charge in [0.2, 0.25) is 12.1 Å². The molecular weight excluding hydrogens is 926 g/mol. The molecule has 2 unspecified atom stereocenters. The van der Waals surface area contributed by atoms with E-state index in [0.717, 1.165) is 11.1 Å². The van der Waals surface area contributed by atoms with Crippen molar-refractivity contribution in [2.24, 2.45) is 20.5 Å². The second-order valence-corrected chi connectivity index (χ2v) is 16.3. The van der Waals surface area contributed by atoms with Gasteiger partial charge in [0.15, 0.2) is 11.6 Å². The first-order valence-electron chi connectivity index (χ1n) is 20.8. The van der Waals surface area contributed by atoms with Gasteiger partial charge in [0.25, 0.3) is 23.6 Å². The number of hydrogen-bond donors (Lipinski definition) is 4. The average molecular weight is 973 g/mol. The largest absolute Gasteiger partial charge is 0.323 e. The molecule has 0 aliphatic rings. The van der Waals surface area contributed by atoms with Crippen molar-refractivity contribution in [1.82, 2.24) is 0 Å². The van der Waals surface area contributed by atoms with Crippen LogP contribution in [0.4, 0.5) is 34.1 Å². The smallest absolute Gasteiger partial charge is 0.258 e. The van der Waals surface area contributed by atoms with Crippen molar-refractivity contribution >= 4 is 116 Å². The third-order valence-corrected chi connectivity index (χ3v) is 11.2. The number of alkyl halides is 2. The summed E-state index contributed by atoms with van der Waals surface area (Å²) in [5, 5.41) is 27.4. The molecule has 5 aromatic rings. The highest BCUT2D eigenvalue weighted by Crippen LogP contribution is 2.33. The van der Waals surface area contributed by atoms with Crippen LogP contribution in [0.5, 0.6) is 0 Å². The summed E-state index contributed by atoms with van der Waals surface area (Å²) < 4.78 is 0. The lowest BCUT2D eigenvalue weighted by molar-refractivity contribution is -0.127. The third-order valence-electron chi connectivity index (χ3n) is 10.0. The monoisotopic (exact) mass is 970 g/mol. The number of halogens is 4. The molecule has 5 aromatic carbocycles. The van der Waals surface area contributed by atoms with Crippen molar-refractivity contribution in [3.63, 3.8) is 0 Å². The lowest BCUT2D eigenvalue weighted by Crippen LogP contribution is -2.33. The predicted molar refractivity (Wildman–Crippen MR) is 261 cm³/mol. The number of rotatable bonds is 20. The van der Waals surface area contributed by atoms with Crippen LogP contribution >= 0.6 is 46.4 Å². The molecule has 0 heterocycles. The SMILES string of the molecule is CCc1cc(NC(=O)C(N=Nc2cccc(C(=O)Nc3cccc(CCCl)c3)c2Cl)C(C)=O)c(CC)cc1NC(=O)C(N=Nc1cccc(C(=O)Nc2cccc(CCCl)c2)c1Cl)C(C)=O. The fraction of sp³-hybridized carbons (Fsp3) is 0.250. The van der Waals surface area contributed by atoms with E-state index < -0.39 is 47.3 Å². The first-order chi connectivity index (χ1) is 31.7. The van der Waals surface area contributed by atoms with Gasteiger partial charge in [0.05, 0.1) is 21.2 Å². The van der Waals surface area contributed by atoms with Crippen LogP contribution in [0, 0.1) is 0 Å². The summed E-state index contributed by atoms with van der Waals surface area (Å²) >= 11 is 24.9. The molecule has 342 valence electrons. The first kappa shape index (κ1) is 50.7. The number of carbonyl (C=O) groups is 6. The molecule has 2 atom stereocenters. The number of hydrogen-bond acceptors (Lipinski definition) is 10. The summed E-state index contributed by atoms with van der Waals surface area (Å²) in [6, 6.07) is 23.7. The van der Waals surface area contributed by atoms with E-state index in [2.05, 4.69) is 41.7 Å². The number of azo groups is 2. The summed E-state index contributed by atoms with van der Waals surface area (Å²) in [6.07, 6.45) is 2.01. The molecular formula is C48H46Cl4N8O6. The molecule has 14 nitrogen and oxygen atoms in total. The Hall–Kier alpha value is -6.32. The normalized spacial score (nSPS) is 12.1. The zero-order valence-corrected chi connectivity index (χ0v) is 39.4. The second-order valence-electron chi connectivity index (χ2n) is 14.8. The van der Waals surface area contributed by atoms with E-state index in [1.54, 1.807) is 60.7 Å². The maximum absolute atomic E-state index is 13.6. The van der Waals surface area contributed by atoms with E-state index in [9.17, 15) is 28.8 Å². The Morgan fingerprint density at radius 3 is 1.26 bits per heavy atom. The average Bonchev–Trinajstić information content (AvgIpc) is 3.28. The fourth-order valence-electron chi connectivity index (χ4n) is 6.55. The lowest BCUT2D eigenvalue weighted by atomic mass is 10.0. The fourth-order valence-corrected chi connectivity index (χ4v) is 7.49. The van der Waals surface area contributed by atoms with Crippen LogP contribution in [-0.2, 0) is 44.9 Å². The Morgan fingerprint density at radius 2 is 0.909 bits per heavy atom. The van der Waals surface area contributed by atoms with Crippen molar-refractivity contribution in [3.8, 4) is 0 Å². The number of nitrogens with zero attached hydrogens (tertiary/aromatic N) is 4. The van der Waals surface area contributed by atoms with Gasteiger partial charge in [-0.25, -0.2) is 0 Å². The zero-order chi connectivity index (χ0) is 47.9. The van der Waals surface area contributed by atoms with Crippen LogP contribution in [0.15, 0.2) is 118 Å². The summed E-state index contributed by atoms with van der Waals surface area (Å²) in [4.78, 5) is 79.2. The quantitative estimate of drug-likeness (QED) is 0.0340. The molecule has 0 aromatic heterocycles. The number of aryl methyl sites for hydroxylation is 4. The molecule has 0 fully saturated rings. The molecule has 0 aliphatic carbocycles. The van der Waals surface area contributed by atoms with Gasteiger partial charge in [-0.15, -0.1) is 23.2 Å². The van der Waals surface area contributed by atoms with Crippen molar-refractivity contribution < 1.29 is 28.8 Å². The molecule has 4 amide bonds. The Balaban J connectivity index is 1.30. The van der Waals surface area contributed by atoms with Gasteiger partial charge in [0, 0.05) is 34.5 Å². The molecule has 0 bridgehead atoms. The van der Waals surface area contributed by atoms with Crippen molar-refractivity contribution in [1.29, 1.82) is 0 Å². The van der Waals surface area contributed by atoms with Crippen molar-refractivity contribution in [2.75, 3.05) is 33.0 Å². The Morgan fingerprint density at radius 1 is 0.530 bits per heavy atom. The van der Waals surface area contributed by atoms with Crippen molar-refractivity contribution in [2.45, 2.75) is 65.5 Å². The number of amides is 4. The van der Waals surface area contributed by atoms with Crippen LogP contribution in [0.1, 0.15) is 70.7 Å². The first-order valence-corrected chi connectivity index (χ1v) is 22.6. The number of nitrogens with one attached hydrogen (secondary N) is 4. The minimum absolute atomic E-state index is 0.0375. The standard InChI is InChI=1S/C48H46Cl4N8O6/c1-5-31-25-40(56-48(66)44(28(4)62)60-58-38-18-10-16-36(42(38)52)46(64)54-34-14-8-12-30(24-34)20-22-50)32(6-2)26-39(31)55-47(65)43(27(3)61)59-57-37-17-9-15-35(41(37)51)45(63)53-33-13-7-11-29(23-33)19-21-49/h7-18,23-26,43-44H,5-6,19-22H2,1-4H3,(H,53,63)(H,54,64)(H,55,65)(H,56,66). The Bertz CT molecular complexity index is 2530. The molecule has 0 spiro atoms. The Kier molecular flexibility index (Phi) is 18.6. The van der Waals surface area contributed by atoms with Gasteiger partial charge < -0.3 is 21.3 Å². The van der Waals surface area contributed by atoms with Gasteiger partial charge in [0.1, 0.15) is 11.4 Å². The maximum Gasteiger partial charge on any atom is 0.258 e. The van der Waals surface area contributed by atoms with E-state index >= 15 is 0 Å². The molecule has 18 heteroatoms. The van der Waals surface area contributed by atoms with E-state index in [0.29, 0.717) is 71.3 Å². The number of anilines is 4. The molecule has 4 N–H and O–H groups in total. The zero-order valence-electron chi connectivity index (χ0n) is 36.4. The van der Waals surface area contributed by atoms with Crippen molar-refractivity contribution in [3.05, 3.63) is 140 Å². The topological polar surface area (TPSA) is 200 Å². The molecule has 66 heavy (non-hydrogen) atoms. The number of carbonyl (C=O) groups excluding carboxylic acids is 6. The van der Waals surface area contributed by atoms with Crippen LogP contribution in [-0.4, -0.2) is 59.0 Å². The number of Topliss-reactive ketones (excluding diaryl/α,β-unsaturated/α-hetero) is 2. The van der Waals surface area contributed by atoms with E-state index in [1.165, 1.54) is 38.1 Å². The molecule has 0 saturated carbocycles. The maximum atomic E-state index is 13.6. The molecule has 5 rings (SSSR count). The Labute approximate surface area is 402 Å². The highest BCUT2D eigenvalue weighted by Gasteiger charge is 2.27. The lowest BCUT2D eigenvalue weighted by Gasteiger charge is -2.18. The highest BCUT2D eigenvalue weighted by molar-refractivity contribution is 6.37. The molecule has 0 aliphatic heterocycles. The summed E-state index contributed by atoms with van der Waals surface area (Å²) in [6.45, 7) is 6.05. The molecule has 0 saturated heterocycles. The highest BCUT2D eigenvalue weighted by atomic mass is 35.5. The van der Waals surface area contributed by atoms with Gasteiger partial charge >= 0.3 is 0 Å². The van der Waals surface area contributed by atoms with Gasteiger partial charge in [-0.3, -0.25) is 28.8 Å². The number of ketones is 2. The number of benzene rings is 5. The van der Waals surface area contributed by atoms with E-state index in [-0.39, 0.29) is 32.5 Å². The van der Waals surface area contributed by atoms with Gasteiger partial charge in [-0.2, -0.15) is 20.5 Å². The second kappa shape index (κ2) is 24.3. The van der Waals surface area contributed by atoms with Crippen LogP contribution in [0.25, 0.3) is 0 Å². The van der Waals surface area contributed by atoms with E-state index in [4.69, 9.17) is 46.4 Å². The summed E-state index contributed by atoms with van der Waals surface area (Å²) in [7, 11) is 0. The summed E-state index contributed by atoms with van der Waals surface area (Å²) in [5.41, 5.74) is 5.18. The van der Waals surface area contributed by atoms with E-state index in [1.807, 2.05) is 26.0 Å². The van der Waals surface area contributed by atoms with Gasteiger partial charge in [-0.1, -0.05) is 73.4 Å². The summed E-state index contributed by atoms with van der Waals surface area (Å²) in [5.74, 6) is -2.94. The minimum atomic E-state index is -1.58. The molecule has 0 radical (unpaired) electrons. The predicted octanol–water partition coefficient (Wildman–Crippen LogP) is 11.5.